The lowest BCUT2D eigenvalue weighted by atomic mass is 9.87. The van der Waals surface area contributed by atoms with Gasteiger partial charge in [0.25, 0.3) is 0 Å². The van der Waals surface area contributed by atoms with E-state index >= 15 is 0 Å². The highest BCUT2D eigenvalue weighted by molar-refractivity contribution is 7.09. The summed E-state index contributed by atoms with van der Waals surface area (Å²) in [6.07, 6.45) is 3.91. The summed E-state index contributed by atoms with van der Waals surface area (Å²) in [6, 6.07) is 9.23. The molecule has 3 heteroatoms. The molecule has 1 N–H and O–H groups in total. The van der Waals surface area contributed by atoms with Crippen LogP contribution in [0.5, 0.6) is 0 Å². The van der Waals surface area contributed by atoms with E-state index in [9.17, 15) is 0 Å². The van der Waals surface area contributed by atoms with Crippen LogP contribution in [-0.4, -0.2) is 11.0 Å². The van der Waals surface area contributed by atoms with Gasteiger partial charge in [0.1, 0.15) is 0 Å². The summed E-state index contributed by atoms with van der Waals surface area (Å²) in [4.78, 5) is 4.57. The molecule has 0 saturated heterocycles. The predicted molar refractivity (Wildman–Crippen MR) is 87.3 cm³/mol. The highest BCUT2D eigenvalue weighted by Gasteiger charge is 2.34. The van der Waals surface area contributed by atoms with Crippen LogP contribution in [0.1, 0.15) is 38.1 Å². The maximum absolute atomic E-state index is 4.57. The Morgan fingerprint density at radius 3 is 2.85 bits per heavy atom. The van der Waals surface area contributed by atoms with Gasteiger partial charge in [-0.25, -0.2) is 4.98 Å². The van der Waals surface area contributed by atoms with E-state index in [1.165, 1.54) is 30.5 Å². The van der Waals surface area contributed by atoms with Crippen molar-refractivity contribution in [2.24, 2.45) is 5.41 Å². The number of nitrogens with zero attached hydrogens (tertiary/aromatic N) is 1. The van der Waals surface area contributed by atoms with Crippen LogP contribution in [0.25, 0.3) is 11.3 Å². The molecule has 1 saturated carbocycles. The molecule has 1 fully saturated rings. The number of aromatic nitrogens is 1. The number of aryl methyl sites for hydroxylation is 1. The van der Waals surface area contributed by atoms with Crippen molar-refractivity contribution < 1.29 is 0 Å². The van der Waals surface area contributed by atoms with Crippen molar-refractivity contribution in [3.05, 3.63) is 34.7 Å². The Balaban J connectivity index is 1.81. The van der Waals surface area contributed by atoms with Crippen LogP contribution in [0.4, 0.5) is 5.69 Å². The van der Waals surface area contributed by atoms with Crippen molar-refractivity contribution in [1.29, 1.82) is 0 Å². The molecule has 106 valence electrons. The monoisotopic (exact) mass is 286 g/mol. The summed E-state index contributed by atoms with van der Waals surface area (Å²) in [5, 5.41) is 6.98. The van der Waals surface area contributed by atoms with E-state index in [0.717, 1.165) is 10.7 Å². The number of hydrogen-bond donors (Lipinski definition) is 1. The second-order valence-electron chi connectivity index (χ2n) is 6.41. The Kier molecular flexibility index (Phi) is 3.55. The fraction of sp³-hybridized carbons (Fsp3) is 0.471. The van der Waals surface area contributed by atoms with Crippen molar-refractivity contribution in [2.75, 3.05) is 5.32 Å². The Labute approximate surface area is 125 Å². The van der Waals surface area contributed by atoms with Gasteiger partial charge in [0.05, 0.1) is 10.7 Å². The summed E-state index contributed by atoms with van der Waals surface area (Å²) in [7, 11) is 0. The summed E-state index contributed by atoms with van der Waals surface area (Å²) in [6.45, 7) is 6.79. The van der Waals surface area contributed by atoms with Crippen LogP contribution in [0.3, 0.4) is 0 Å². The van der Waals surface area contributed by atoms with Crippen LogP contribution in [0, 0.1) is 12.3 Å². The van der Waals surface area contributed by atoms with Gasteiger partial charge in [-0.1, -0.05) is 32.4 Å². The molecule has 1 aliphatic carbocycles. The third-order valence-electron chi connectivity index (χ3n) is 4.38. The minimum atomic E-state index is 0.396. The van der Waals surface area contributed by atoms with Gasteiger partial charge in [-0.05, 0) is 37.3 Å². The fourth-order valence-electron chi connectivity index (χ4n) is 3.06. The molecule has 20 heavy (non-hydrogen) atoms. The highest BCUT2D eigenvalue weighted by Crippen LogP contribution is 2.39. The average molecular weight is 286 g/mol. The van der Waals surface area contributed by atoms with Crippen LogP contribution in [0.2, 0.25) is 0 Å². The predicted octanol–water partition coefficient (Wildman–Crippen LogP) is 5.11. The first-order valence-corrected chi connectivity index (χ1v) is 8.22. The topological polar surface area (TPSA) is 24.9 Å². The summed E-state index contributed by atoms with van der Waals surface area (Å²) >= 11 is 1.71. The molecule has 1 atom stereocenters. The summed E-state index contributed by atoms with van der Waals surface area (Å²) < 4.78 is 0. The summed E-state index contributed by atoms with van der Waals surface area (Å²) in [5.41, 5.74) is 3.90. The van der Waals surface area contributed by atoms with Crippen molar-refractivity contribution in [2.45, 2.75) is 46.1 Å². The zero-order valence-electron chi connectivity index (χ0n) is 12.4. The van der Waals surface area contributed by atoms with E-state index in [1.54, 1.807) is 11.3 Å². The molecule has 3 rings (SSSR count). The molecule has 2 nitrogen and oxygen atoms in total. The first kappa shape index (κ1) is 13.6. The molecule has 0 bridgehead atoms. The van der Waals surface area contributed by atoms with E-state index < -0.39 is 0 Å². The number of anilines is 1. The molecule has 0 radical (unpaired) electrons. The van der Waals surface area contributed by atoms with E-state index in [2.05, 4.69) is 60.7 Å². The highest BCUT2D eigenvalue weighted by atomic mass is 32.1. The molecule has 0 amide bonds. The van der Waals surface area contributed by atoms with Crippen LogP contribution in [0.15, 0.2) is 29.6 Å². The lowest BCUT2D eigenvalue weighted by molar-refractivity contribution is 0.350. The minimum Gasteiger partial charge on any atom is -0.382 e. The molecule has 0 spiro atoms. The molecule has 0 aliphatic heterocycles. The van der Waals surface area contributed by atoms with Crippen molar-refractivity contribution >= 4 is 17.0 Å². The zero-order chi connectivity index (χ0) is 14.2. The maximum atomic E-state index is 4.57. The van der Waals surface area contributed by atoms with E-state index in [4.69, 9.17) is 0 Å². The second-order valence-corrected chi connectivity index (χ2v) is 7.47. The van der Waals surface area contributed by atoms with E-state index in [-0.39, 0.29) is 0 Å². The van der Waals surface area contributed by atoms with Crippen molar-refractivity contribution in [3.63, 3.8) is 0 Å². The standard InChI is InChI=1S/C17H22N2S/c1-12-18-15(11-20-12)13-6-4-7-14(10-13)19-16-8-5-9-17(16,2)3/h4,6-7,10-11,16,19H,5,8-9H2,1-3H3. The molecule has 1 aliphatic rings. The van der Waals surface area contributed by atoms with Crippen LogP contribution >= 0.6 is 11.3 Å². The van der Waals surface area contributed by atoms with Gasteiger partial charge in [0.15, 0.2) is 0 Å². The Morgan fingerprint density at radius 2 is 2.20 bits per heavy atom. The van der Waals surface area contributed by atoms with Gasteiger partial charge in [-0.2, -0.15) is 0 Å². The molecule has 2 aromatic rings. The third kappa shape index (κ3) is 2.73. The minimum absolute atomic E-state index is 0.396. The number of nitrogens with one attached hydrogen (secondary N) is 1. The molecule has 1 heterocycles. The van der Waals surface area contributed by atoms with Crippen molar-refractivity contribution in [1.82, 2.24) is 4.98 Å². The van der Waals surface area contributed by atoms with E-state index in [1.807, 2.05) is 0 Å². The van der Waals surface area contributed by atoms with Gasteiger partial charge in [0.2, 0.25) is 0 Å². The van der Waals surface area contributed by atoms with E-state index in [0.29, 0.717) is 11.5 Å². The smallest absolute Gasteiger partial charge is 0.0901 e. The lowest BCUT2D eigenvalue weighted by Crippen LogP contribution is -2.30. The molecule has 1 aromatic carbocycles. The number of hydrogen-bond acceptors (Lipinski definition) is 3. The van der Waals surface area contributed by atoms with Gasteiger partial charge in [-0.15, -0.1) is 11.3 Å². The van der Waals surface area contributed by atoms with Crippen LogP contribution in [-0.2, 0) is 0 Å². The van der Waals surface area contributed by atoms with Gasteiger partial charge in [-0.3, -0.25) is 0 Å². The second kappa shape index (κ2) is 5.21. The molecule has 1 unspecified atom stereocenters. The largest absolute Gasteiger partial charge is 0.382 e. The number of thiazole rings is 1. The fourth-order valence-corrected chi connectivity index (χ4v) is 3.68. The average Bonchev–Trinajstić information content (AvgIpc) is 2.97. The van der Waals surface area contributed by atoms with Gasteiger partial charge < -0.3 is 5.32 Å². The first-order valence-electron chi connectivity index (χ1n) is 7.34. The first-order chi connectivity index (χ1) is 9.54. The number of benzene rings is 1. The number of rotatable bonds is 3. The molecular formula is C17H22N2S. The SMILES string of the molecule is Cc1nc(-c2cccc(NC3CCCC3(C)C)c2)cs1. The van der Waals surface area contributed by atoms with Crippen molar-refractivity contribution in [3.8, 4) is 11.3 Å². The molecular weight excluding hydrogens is 264 g/mol. The normalized spacial score (nSPS) is 21.1. The quantitative estimate of drug-likeness (QED) is 0.848. The maximum Gasteiger partial charge on any atom is 0.0901 e. The molecule has 1 aromatic heterocycles. The Hall–Kier alpha value is -1.35. The summed E-state index contributed by atoms with van der Waals surface area (Å²) in [5.74, 6) is 0. The zero-order valence-corrected chi connectivity index (χ0v) is 13.3. The third-order valence-corrected chi connectivity index (χ3v) is 5.15. The lowest BCUT2D eigenvalue weighted by Gasteiger charge is -2.28. The Bertz CT molecular complexity index is 601. The Morgan fingerprint density at radius 1 is 1.35 bits per heavy atom. The van der Waals surface area contributed by atoms with Crippen LogP contribution < -0.4 is 5.32 Å². The van der Waals surface area contributed by atoms with Gasteiger partial charge in [0, 0.05) is 22.7 Å². The van der Waals surface area contributed by atoms with Gasteiger partial charge >= 0.3 is 0 Å².